The van der Waals surface area contributed by atoms with E-state index in [4.69, 9.17) is 4.74 Å². The first-order valence-electron chi connectivity index (χ1n) is 6.89. The molecule has 1 N–H and O–H groups in total. The third-order valence-electron chi connectivity index (χ3n) is 2.81. The summed E-state index contributed by atoms with van der Waals surface area (Å²) in [5.74, 6) is -0.186. The number of ketones is 1. The van der Waals surface area contributed by atoms with E-state index < -0.39 is 11.7 Å². The number of amides is 1. The number of carbonyl (C=O) groups excluding carboxylic acids is 2. The average Bonchev–Trinajstić information content (AvgIpc) is 2.38. The minimum atomic E-state index is -0.533. The Balaban J connectivity index is 2.56. The smallest absolute Gasteiger partial charge is 0.407 e. The highest BCUT2D eigenvalue weighted by Crippen LogP contribution is 2.12. The summed E-state index contributed by atoms with van der Waals surface area (Å²) < 4.78 is 5.16. The minimum Gasteiger partial charge on any atom is -0.444 e. The summed E-state index contributed by atoms with van der Waals surface area (Å²) >= 11 is 0. The van der Waals surface area contributed by atoms with Gasteiger partial charge in [0.05, 0.1) is 0 Å². The Morgan fingerprint density at radius 1 is 1.20 bits per heavy atom. The monoisotopic (exact) mass is 277 g/mol. The first-order valence-corrected chi connectivity index (χ1v) is 6.89. The molecule has 0 saturated heterocycles. The number of hydrogen-bond donors (Lipinski definition) is 1. The highest BCUT2D eigenvalue weighted by molar-refractivity contribution is 5.98. The molecule has 0 aromatic heterocycles. The second-order valence-corrected chi connectivity index (χ2v) is 5.72. The highest BCUT2D eigenvalue weighted by Gasteiger charge is 2.21. The maximum Gasteiger partial charge on any atom is 0.407 e. The second kappa shape index (κ2) is 7.08. The lowest BCUT2D eigenvalue weighted by molar-refractivity contribution is 0.0518. The van der Waals surface area contributed by atoms with E-state index in [0.717, 1.165) is 0 Å². The van der Waals surface area contributed by atoms with Crippen LogP contribution in [0.15, 0.2) is 30.3 Å². The summed E-state index contributed by atoms with van der Waals surface area (Å²) in [6.07, 6.45) is 0.181. The van der Waals surface area contributed by atoms with Gasteiger partial charge in [-0.05, 0) is 27.2 Å². The van der Waals surface area contributed by atoms with E-state index in [1.165, 1.54) is 0 Å². The predicted molar refractivity (Wildman–Crippen MR) is 78.8 cm³/mol. The van der Waals surface area contributed by atoms with Crippen LogP contribution in [0.5, 0.6) is 0 Å². The molecule has 0 aliphatic carbocycles. The van der Waals surface area contributed by atoms with Gasteiger partial charge in [-0.2, -0.15) is 0 Å². The number of rotatable bonds is 5. The number of nitrogens with one attached hydrogen (secondary N) is 1. The summed E-state index contributed by atoms with van der Waals surface area (Å²) in [4.78, 5) is 23.9. The lowest BCUT2D eigenvalue weighted by Gasteiger charge is -2.21. The summed E-state index contributed by atoms with van der Waals surface area (Å²) in [6, 6.07) is 9.12. The molecule has 1 rings (SSSR count). The van der Waals surface area contributed by atoms with Crippen molar-refractivity contribution >= 4 is 11.9 Å². The SMILES string of the molecule is CC[C@@H](CNC(=O)OC(C)(C)C)C(=O)c1ccccc1. The van der Waals surface area contributed by atoms with Gasteiger partial charge in [-0.25, -0.2) is 4.79 Å². The van der Waals surface area contributed by atoms with Crippen molar-refractivity contribution < 1.29 is 14.3 Å². The van der Waals surface area contributed by atoms with E-state index in [0.29, 0.717) is 18.5 Å². The van der Waals surface area contributed by atoms with Crippen molar-refractivity contribution in [2.45, 2.75) is 39.7 Å². The molecule has 0 aliphatic heterocycles. The number of alkyl carbamates (subject to hydrolysis) is 1. The van der Waals surface area contributed by atoms with Crippen LogP contribution in [-0.2, 0) is 4.74 Å². The normalized spacial score (nSPS) is 12.6. The lowest BCUT2D eigenvalue weighted by atomic mass is 9.95. The van der Waals surface area contributed by atoms with Crippen molar-refractivity contribution in [3.8, 4) is 0 Å². The van der Waals surface area contributed by atoms with Crippen molar-refractivity contribution in [3.05, 3.63) is 35.9 Å². The maximum atomic E-state index is 12.3. The molecule has 1 atom stereocenters. The first-order chi connectivity index (χ1) is 9.33. The van der Waals surface area contributed by atoms with Crippen LogP contribution in [0.2, 0.25) is 0 Å². The van der Waals surface area contributed by atoms with Gasteiger partial charge in [-0.15, -0.1) is 0 Å². The van der Waals surface area contributed by atoms with Gasteiger partial charge >= 0.3 is 6.09 Å². The number of carbonyl (C=O) groups is 2. The first kappa shape index (κ1) is 16.2. The van der Waals surface area contributed by atoms with Crippen molar-refractivity contribution in [2.75, 3.05) is 6.54 Å². The molecule has 4 heteroatoms. The van der Waals surface area contributed by atoms with E-state index in [9.17, 15) is 9.59 Å². The molecule has 20 heavy (non-hydrogen) atoms. The number of hydrogen-bond acceptors (Lipinski definition) is 3. The van der Waals surface area contributed by atoms with E-state index in [-0.39, 0.29) is 11.7 Å². The van der Waals surface area contributed by atoms with Gasteiger partial charge in [0.2, 0.25) is 0 Å². The molecule has 1 amide bonds. The molecular formula is C16H23NO3. The molecule has 110 valence electrons. The maximum absolute atomic E-state index is 12.3. The van der Waals surface area contributed by atoms with Crippen LogP contribution < -0.4 is 5.32 Å². The molecule has 4 nitrogen and oxygen atoms in total. The summed E-state index contributed by atoms with van der Waals surface area (Å²) in [7, 11) is 0. The fourth-order valence-electron chi connectivity index (χ4n) is 1.78. The zero-order valence-corrected chi connectivity index (χ0v) is 12.6. The molecule has 0 bridgehead atoms. The lowest BCUT2D eigenvalue weighted by Crippen LogP contribution is -2.37. The quantitative estimate of drug-likeness (QED) is 0.839. The Morgan fingerprint density at radius 3 is 2.30 bits per heavy atom. The Hall–Kier alpha value is -1.84. The molecule has 0 heterocycles. The molecule has 0 spiro atoms. The standard InChI is InChI=1S/C16H23NO3/c1-5-12(11-17-15(19)20-16(2,3)4)14(18)13-9-7-6-8-10-13/h6-10,12H,5,11H2,1-4H3,(H,17,19)/t12-/m0/s1. The average molecular weight is 277 g/mol. The molecule has 0 saturated carbocycles. The Bertz CT molecular complexity index is 449. The molecule has 1 aromatic rings. The van der Waals surface area contributed by atoms with Crippen LogP contribution >= 0.6 is 0 Å². The molecular weight excluding hydrogens is 254 g/mol. The van der Waals surface area contributed by atoms with E-state index in [1.807, 2.05) is 25.1 Å². The topological polar surface area (TPSA) is 55.4 Å². The highest BCUT2D eigenvalue weighted by atomic mass is 16.6. The Kier molecular flexibility index (Phi) is 5.74. The molecule has 0 fully saturated rings. The molecule has 1 aromatic carbocycles. The fourth-order valence-corrected chi connectivity index (χ4v) is 1.78. The largest absolute Gasteiger partial charge is 0.444 e. The van der Waals surface area contributed by atoms with Crippen molar-refractivity contribution in [1.29, 1.82) is 0 Å². The molecule has 0 aliphatic rings. The Labute approximate surface area is 120 Å². The van der Waals surface area contributed by atoms with Crippen molar-refractivity contribution in [2.24, 2.45) is 5.92 Å². The van der Waals surface area contributed by atoms with Crippen molar-refractivity contribution in [1.82, 2.24) is 5.32 Å². The van der Waals surface area contributed by atoms with Gasteiger partial charge in [-0.3, -0.25) is 4.79 Å². The van der Waals surface area contributed by atoms with E-state index >= 15 is 0 Å². The summed E-state index contributed by atoms with van der Waals surface area (Å²) in [6.45, 7) is 7.64. The summed E-state index contributed by atoms with van der Waals surface area (Å²) in [5.41, 5.74) is 0.139. The number of ether oxygens (including phenoxy) is 1. The van der Waals surface area contributed by atoms with Gasteiger partial charge in [0.25, 0.3) is 0 Å². The van der Waals surface area contributed by atoms with E-state index in [1.54, 1.807) is 32.9 Å². The zero-order valence-electron chi connectivity index (χ0n) is 12.6. The molecule has 0 unspecified atom stereocenters. The number of Topliss-reactive ketones (excluding diaryl/α,β-unsaturated/α-hetero) is 1. The second-order valence-electron chi connectivity index (χ2n) is 5.72. The van der Waals surface area contributed by atoms with Crippen molar-refractivity contribution in [3.63, 3.8) is 0 Å². The minimum absolute atomic E-state index is 0.0455. The van der Waals surface area contributed by atoms with Crippen LogP contribution in [0.25, 0.3) is 0 Å². The van der Waals surface area contributed by atoms with Gasteiger partial charge in [0.1, 0.15) is 5.60 Å². The summed E-state index contributed by atoms with van der Waals surface area (Å²) in [5, 5.41) is 2.66. The third-order valence-corrected chi connectivity index (χ3v) is 2.81. The van der Waals surface area contributed by atoms with Gasteiger partial charge < -0.3 is 10.1 Å². The Morgan fingerprint density at radius 2 is 1.80 bits per heavy atom. The van der Waals surface area contributed by atoms with Gasteiger partial charge in [0.15, 0.2) is 5.78 Å². The van der Waals surface area contributed by atoms with Crippen LogP contribution in [0.4, 0.5) is 4.79 Å². The predicted octanol–water partition coefficient (Wildman–Crippen LogP) is 3.42. The van der Waals surface area contributed by atoms with Crippen LogP contribution in [0.1, 0.15) is 44.5 Å². The zero-order chi connectivity index (χ0) is 15.2. The van der Waals surface area contributed by atoms with Gasteiger partial charge in [-0.1, -0.05) is 37.3 Å². The van der Waals surface area contributed by atoms with Crippen LogP contribution in [-0.4, -0.2) is 24.0 Å². The number of benzene rings is 1. The van der Waals surface area contributed by atoms with Crippen LogP contribution in [0.3, 0.4) is 0 Å². The fraction of sp³-hybridized carbons (Fsp3) is 0.500. The van der Waals surface area contributed by atoms with Crippen LogP contribution in [0, 0.1) is 5.92 Å². The third kappa shape index (κ3) is 5.43. The van der Waals surface area contributed by atoms with E-state index in [2.05, 4.69) is 5.32 Å². The van der Waals surface area contributed by atoms with Gasteiger partial charge in [0, 0.05) is 18.0 Å². The molecule has 0 radical (unpaired) electrons.